The van der Waals surface area contributed by atoms with E-state index in [0.29, 0.717) is 10.5 Å². The second kappa shape index (κ2) is 9.29. The van der Waals surface area contributed by atoms with Gasteiger partial charge in [-0.3, -0.25) is 4.79 Å². The molecule has 2 aromatic rings. The normalized spacial score (nSPS) is 12.5. The first kappa shape index (κ1) is 23.1. The van der Waals surface area contributed by atoms with Gasteiger partial charge in [0.15, 0.2) is 0 Å². The quantitative estimate of drug-likeness (QED) is 0.786. The van der Waals surface area contributed by atoms with Crippen LogP contribution in [0.1, 0.15) is 25.8 Å². The van der Waals surface area contributed by atoms with Gasteiger partial charge < -0.3 is 10.0 Å². The molecule has 27 heavy (non-hydrogen) atoms. The van der Waals surface area contributed by atoms with Crippen LogP contribution in [0.4, 0.5) is 13.2 Å². The van der Waals surface area contributed by atoms with Crippen LogP contribution in [0, 0.1) is 5.92 Å². The van der Waals surface area contributed by atoms with Gasteiger partial charge in [0.1, 0.15) is 6.04 Å². The molecule has 0 radical (unpaired) electrons. The number of fused-ring (bicyclic) bond motifs is 1. The summed E-state index contributed by atoms with van der Waals surface area (Å²) in [7, 11) is 0. The number of nitrogens with zero attached hydrogens (tertiary/aromatic N) is 1. The number of carboxylic acid groups (broad SMARTS) is 1. The zero-order chi connectivity index (χ0) is 19.5. The van der Waals surface area contributed by atoms with Gasteiger partial charge in [0.25, 0.3) is 0 Å². The molecule has 1 atom stereocenters. The summed E-state index contributed by atoms with van der Waals surface area (Å²) in [5, 5.41) is 11.1. The molecule has 0 aliphatic heterocycles. The molecule has 4 nitrogen and oxygen atoms in total. The van der Waals surface area contributed by atoms with Crippen molar-refractivity contribution in [3.8, 4) is 0 Å². The number of halogens is 3. The predicted molar refractivity (Wildman–Crippen MR) is 98.6 cm³/mol. The zero-order valence-corrected chi connectivity index (χ0v) is 14.5. The third-order valence-electron chi connectivity index (χ3n) is 4.03. The maximum atomic E-state index is 13.0. The Kier molecular flexibility index (Phi) is 7.94. The first-order valence-electron chi connectivity index (χ1n) is 8.18. The van der Waals surface area contributed by atoms with Crippen LogP contribution in [0.15, 0.2) is 42.5 Å². The summed E-state index contributed by atoms with van der Waals surface area (Å²) in [6.07, 6.45) is -5.20. The number of hydrogen-bond donors (Lipinski definition) is 1. The Hall–Kier alpha value is -1.97. The molecule has 0 unspecified atom stereocenters. The van der Waals surface area contributed by atoms with Gasteiger partial charge in [0, 0.05) is 6.54 Å². The molecule has 0 saturated carbocycles. The molecule has 142 valence electrons. The fourth-order valence-corrected chi connectivity index (χ4v) is 2.83. The van der Waals surface area contributed by atoms with E-state index in [1.165, 1.54) is 0 Å². The second-order valence-electron chi connectivity index (χ2n) is 6.60. The van der Waals surface area contributed by atoms with Crippen molar-refractivity contribution in [3.63, 3.8) is 0 Å². The van der Waals surface area contributed by atoms with Crippen LogP contribution >= 0.6 is 0 Å². The van der Waals surface area contributed by atoms with Crippen molar-refractivity contribution in [2.24, 2.45) is 5.92 Å². The topological polar surface area (TPSA) is 57.6 Å². The van der Waals surface area contributed by atoms with E-state index in [1.807, 2.05) is 12.1 Å². The number of alkyl halides is 3. The van der Waals surface area contributed by atoms with Gasteiger partial charge in [-0.2, -0.15) is 13.2 Å². The Balaban J connectivity index is 0.00000364. The Labute approximate surface area is 167 Å². The standard InChI is InChI=1S/C19H20F3NO3.Li.H/c1-12(2)9-16(17(24)25)23(18(26)19(20,21)22)11-13-7-8-14-5-3-4-6-15(14)10-13;;/h3-8,10,12,16H,9,11H2,1-2H3,(H,24,25);;/t16-;;/m0../s1. The van der Waals surface area contributed by atoms with Crippen LogP contribution in [0.3, 0.4) is 0 Å². The Bertz CT molecular complexity index is 808. The van der Waals surface area contributed by atoms with E-state index in [0.717, 1.165) is 10.8 Å². The zero-order valence-electron chi connectivity index (χ0n) is 14.5. The second-order valence-corrected chi connectivity index (χ2v) is 6.60. The first-order valence-corrected chi connectivity index (χ1v) is 8.18. The van der Waals surface area contributed by atoms with Crippen LogP contribution in [0.25, 0.3) is 10.8 Å². The average Bonchev–Trinajstić information content (AvgIpc) is 2.56. The summed E-state index contributed by atoms with van der Waals surface area (Å²) in [6, 6.07) is 10.8. The van der Waals surface area contributed by atoms with Gasteiger partial charge in [0.05, 0.1) is 0 Å². The van der Waals surface area contributed by atoms with Crippen molar-refractivity contribution in [3.05, 3.63) is 48.0 Å². The van der Waals surface area contributed by atoms with Crippen molar-refractivity contribution < 1.29 is 27.9 Å². The van der Waals surface area contributed by atoms with E-state index in [2.05, 4.69) is 0 Å². The third kappa shape index (κ3) is 6.01. The van der Waals surface area contributed by atoms with E-state index < -0.39 is 30.6 Å². The molecule has 0 bridgehead atoms. The van der Waals surface area contributed by atoms with Crippen molar-refractivity contribution in [1.82, 2.24) is 4.90 Å². The fourth-order valence-electron chi connectivity index (χ4n) is 2.83. The van der Waals surface area contributed by atoms with E-state index in [4.69, 9.17) is 0 Å². The number of rotatable bonds is 6. The van der Waals surface area contributed by atoms with Gasteiger partial charge in [-0.15, -0.1) is 0 Å². The molecule has 0 aliphatic rings. The number of carboxylic acids is 1. The number of amides is 1. The van der Waals surface area contributed by atoms with Gasteiger partial charge >= 0.3 is 36.9 Å². The number of carbonyl (C=O) groups is 2. The Morgan fingerprint density at radius 1 is 1.07 bits per heavy atom. The number of aliphatic carboxylic acids is 1. The number of benzene rings is 2. The molecule has 2 aromatic carbocycles. The summed E-state index contributed by atoms with van der Waals surface area (Å²) >= 11 is 0. The molecule has 0 spiro atoms. The Morgan fingerprint density at radius 3 is 2.19 bits per heavy atom. The first-order chi connectivity index (χ1) is 12.1. The summed E-state index contributed by atoms with van der Waals surface area (Å²) in [5.74, 6) is -3.77. The van der Waals surface area contributed by atoms with E-state index in [9.17, 15) is 27.9 Å². The Morgan fingerprint density at radius 2 is 1.67 bits per heavy atom. The summed E-state index contributed by atoms with van der Waals surface area (Å²) in [5.41, 5.74) is 0.441. The molecule has 0 heterocycles. The van der Waals surface area contributed by atoms with Gasteiger partial charge in [-0.05, 0) is 34.7 Å². The molecular weight excluding hydrogens is 354 g/mol. The number of hydrogen-bond acceptors (Lipinski definition) is 2. The molecule has 0 aromatic heterocycles. The van der Waals surface area contributed by atoms with Crippen LogP contribution < -0.4 is 0 Å². The summed E-state index contributed by atoms with van der Waals surface area (Å²) in [4.78, 5) is 23.9. The predicted octanol–water partition coefficient (Wildman–Crippen LogP) is 3.58. The van der Waals surface area contributed by atoms with Crippen molar-refractivity contribution in [2.45, 2.75) is 39.0 Å². The minimum atomic E-state index is -5.14. The van der Waals surface area contributed by atoms with Gasteiger partial charge in [-0.1, -0.05) is 50.2 Å². The summed E-state index contributed by atoms with van der Waals surface area (Å²) < 4.78 is 39.1. The molecule has 8 heteroatoms. The van der Waals surface area contributed by atoms with Crippen LogP contribution in [0.2, 0.25) is 0 Å². The van der Waals surface area contributed by atoms with Gasteiger partial charge in [-0.25, -0.2) is 4.79 Å². The van der Waals surface area contributed by atoms with Crippen LogP contribution in [0.5, 0.6) is 0 Å². The SMILES string of the molecule is CC(C)C[C@@H](C(=O)O)N(Cc1ccc2ccccc2c1)C(=O)C(F)(F)F.[LiH]. The average molecular weight is 375 g/mol. The number of carbonyl (C=O) groups excluding carboxylic acids is 1. The van der Waals surface area contributed by atoms with E-state index >= 15 is 0 Å². The van der Waals surface area contributed by atoms with Crippen molar-refractivity contribution in [2.75, 3.05) is 0 Å². The fraction of sp³-hybridized carbons (Fsp3) is 0.368. The molecule has 0 aliphatic carbocycles. The van der Waals surface area contributed by atoms with E-state index in [-0.39, 0.29) is 31.2 Å². The van der Waals surface area contributed by atoms with E-state index in [1.54, 1.807) is 44.2 Å². The molecule has 1 amide bonds. The van der Waals surface area contributed by atoms with Crippen molar-refractivity contribution >= 4 is 41.5 Å². The molecule has 1 N–H and O–H groups in total. The minimum absolute atomic E-state index is 0. The van der Waals surface area contributed by atoms with Crippen LogP contribution in [-0.4, -0.2) is 53.0 Å². The monoisotopic (exact) mass is 375 g/mol. The van der Waals surface area contributed by atoms with Crippen molar-refractivity contribution in [1.29, 1.82) is 0 Å². The third-order valence-corrected chi connectivity index (χ3v) is 4.03. The molecule has 0 saturated heterocycles. The summed E-state index contributed by atoms with van der Waals surface area (Å²) in [6.45, 7) is 2.97. The molecular formula is C19H21F3LiNO3. The van der Waals surface area contributed by atoms with Gasteiger partial charge in [0.2, 0.25) is 0 Å². The maximum absolute atomic E-state index is 13.0. The van der Waals surface area contributed by atoms with Crippen LogP contribution in [-0.2, 0) is 16.1 Å². The molecule has 0 fully saturated rings. The molecule has 2 rings (SSSR count).